The molecule has 544 valence electrons. The van der Waals surface area contributed by atoms with E-state index in [4.69, 9.17) is 28.2 Å². The Bertz CT molecular complexity index is 1800. The van der Waals surface area contributed by atoms with Gasteiger partial charge in [-0.2, -0.15) is 0 Å². The minimum absolute atomic E-state index is 0.200. The van der Waals surface area contributed by atoms with Crippen molar-refractivity contribution in [3.63, 3.8) is 0 Å². The molecule has 2 aliphatic heterocycles. The summed E-state index contributed by atoms with van der Waals surface area (Å²) >= 11 is 0. The number of unbranched alkanes of at least 4 members (excludes halogenated alkanes) is 41. The van der Waals surface area contributed by atoms with Gasteiger partial charge in [0.1, 0.15) is 54.8 Å². The van der Waals surface area contributed by atoms with Gasteiger partial charge in [-0.1, -0.05) is 297 Å². The quantitative estimate of drug-likeness (QED) is 0.0155. The number of hydrogen-bond acceptors (Lipinski definition) is 15. The first kappa shape index (κ1) is 86.2. The van der Waals surface area contributed by atoms with E-state index in [1.54, 1.807) is 0 Å². The van der Waals surface area contributed by atoms with Crippen molar-refractivity contribution in [3.05, 3.63) is 0 Å². The molecule has 19 nitrogen and oxygen atoms in total. The zero-order valence-corrected chi connectivity index (χ0v) is 59.5. The molecule has 0 spiro atoms. The molecule has 12 atom stereocenters. The molecule has 20 heteroatoms. The van der Waals surface area contributed by atoms with Crippen molar-refractivity contribution in [1.29, 1.82) is 0 Å². The van der Waals surface area contributed by atoms with Crippen LogP contribution in [0.5, 0.6) is 0 Å². The second-order valence-electron chi connectivity index (χ2n) is 27.2. The topological polar surface area (TPSA) is 289 Å². The smallest absolute Gasteiger partial charge is 0.462 e. The lowest BCUT2D eigenvalue weighted by molar-refractivity contribution is -0.302. The number of aliphatic hydroxyl groups excluding tert-OH is 5. The largest absolute Gasteiger partial charge is 0.470 e. The number of carbonyl (C=O) groups excluding carboxylic acids is 3. The lowest BCUT2D eigenvalue weighted by Gasteiger charge is -2.45. The summed E-state index contributed by atoms with van der Waals surface area (Å²) in [6.07, 6.45) is 37.0. The van der Waals surface area contributed by atoms with E-state index in [1.165, 1.54) is 173 Å². The van der Waals surface area contributed by atoms with Crippen molar-refractivity contribution in [2.24, 2.45) is 0 Å². The molecule has 92 heavy (non-hydrogen) atoms. The molecule has 0 saturated carbocycles. The van der Waals surface area contributed by atoms with Crippen molar-refractivity contribution >= 4 is 25.6 Å². The number of nitrogens with one attached hydrogen (secondary N) is 2. The number of aliphatic hydroxyl groups is 5. The molecular formula is C72H139N2O17P. The summed E-state index contributed by atoms with van der Waals surface area (Å²) in [6, 6.07) is -2.86. The van der Waals surface area contributed by atoms with Gasteiger partial charge in [-0.25, -0.2) is 4.57 Å². The minimum atomic E-state index is -5.32. The van der Waals surface area contributed by atoms with E-state index in [9.17, 15) is 54.3 Å². The van der Waals surface area contributed by atoms with E-state index >= 15 is 0 Å². The van der Waals surface area contributed by atoms with Gasteiger partial charge in [0.2, 0.25) is 11.8 Å². The van der Waals surface area contributed by atoms with Crippen LogP contribution in [0.2, 0.25) is 0 Å². The lowest BCUT2D eigenvalue weighted by atomic mass is 9.95. The Balaban J connectivity index is 2.19. The maximum absolute atomic E-state index is 14.2. The highest BCUT2D eigenvalue weighted by Gasteiger charge is 2.51. The Kier molecular flexibility index (Phi) is 53.5. The van der Waals surface area contributed by atoms with E-state index in [0.29, 0.717) is 32.1 Å². The molecule has 0 radical (unpaired) electrons. The summed E-state index contributed by atoms with van der Waals surface area (Å²) in [4.78, 5) is 60.8. The van der Waals surface area contributed by atoms with Gasteiger partial charge in [0.05, 0.1) is 32.2 Å². The highest BCUT2D eigenvalue weighted by molar-refractivity contribution is 7.46. The highest BCUT2D eigenvalue weighted by Crippen LogP contribution is 2.42. The van der Waals surface area contributed by atoms with Crippen LogP contribution in [0.3, 0.4) is 0 Å². The number of ether oxygens (including phenoxy) is 5. The lowest BCUT2D eigenvalue weighted by Crippen LogP contribution is -2.67. The third-order valence-electron chi connectivity index (χ3n) is 18.6. The molecule has 0 unspecified atom stereocenters. The van der Waals surface area contributed by atoms with E-state index in [-0.39, 0.29) is 25.9 Å². The Morgan fingerprint density at radius 3 is 1.23 bits per heavy atom. The van der Waals surface area contributed by atoms with E-state index in [1.807, 2.05) is 0 Å². The molecule has 0 aromatic rings. The fraction of sp³-hybridized carbons (Fsp3) is 0.958. The number of esters is 1. The van der Waals surface area contributed by atoms with Gasteiger partial charge in [0.15, 0.2) is 12.6 Å². The Morgan fingerprint density at radius 1 is 0.446 bits per heavy atom. The first-order chi connectivity index (χ1) is 44.6. The van der Waals surface area contributed by atoms with Gasteiger partial charge in [-0.05, 0) is 32.1 Å². The van der Waals surface area contributed by atoms with Gasteiger partial charge in [-0.3, -0.25) is 18.9 Å². The van der Waals surface area contributed by atoms with Crippen LogP contribution in [-0.2, 0) is 47.2 Å². The molecule has 2 fully saturated rings. The van der Waals surface area contributed by atoms with Crippen LogP contribution in [0.1, 0.15) is 349 Å². The molecule has 0 aliphatic carbocycles. The summed E-state index contributed by atoms with van der Waals surface area (Å²) in [6.45, 7) is 7.58. The zero-order valence-electron chi connectivity index (χ0n) is 58.6. The Morgan fingerprint density at radius 2 is 0.804 bits per heavy atom. The van der Waals surface area contributed by atoms with Crippen molar-refractivity contribution in [2.45, 2.75) is 422 Å². The van der Waals surface area contributed by atoms with Crippen LogP contribution in [0, 0.1) is 0 Å². The molecule has 9 N–H and O–H groups in total. The van der Waals surface area contributed by atoms with Crippen molar-refractivity contribution in [2.75, 3.05) is 19.8 Å². The summed E-state index contributed by atoms with van der Waals surface area (Å²) in [5, 5.41) is 62.0. The molecule has 2 saturated heterocycles. The van der Waals surface area contributed by atoms with Crippen LogP contribution < -0.4 is 10.6 Å². The van der Waals surface area contributed by atoms with Crippen LogP contribution in [0.15, 0.2) is 0 Å². The Labute approximate surface area is 558 Å². The van der Waals surface area contributed by atoms with Gasteiger partial charge in [0, 0.05) is 13.0 Å². The Hall–Kier alpha value is -1.84. The molecular weight excluding hydrogens is 1200 g/mol. The number of phosphoric ester groups is 1. The molecule has 2 amide bonds. The zero-order chi connectivity index (χ0) is 67.3. The average Bonchev–Trinajstić information content (AvgIpc) is 0.903. The monoisotopic (exact) mass is 1330 g/mol. The maximum atomic E-state index is 14.2. The third-order valence-corrected chi connectivity index (χ3v) is 19.1. The number of amides is 2. The molecule has 2 aliphatic rings. The predicted octanol–water partition coefficient (Wildman–Crippen LogP) is 14.8. The minimum Gasteiger partial charge on any atom is -0.462 e. The molecule has 0 aromatic carbocycles. The number of rotatable bonds is 63. The van der Waals surface area contributed by atoms with E-state index in [0.717, 1.165) is 96.3 Å². The van der Waals surface area contributed by atoms with Gasteiger partial charge in [0.25, 0.3) is 0 Å². The number of hydrogen-bond donors (Lipinski definition) is 9. The standard InChI is InChI=1S/C72H139N2O17P/c1-5-9-13-17-21-25-26-27-28-29-30-31-32-33-37-41-45-49-53-86-71-65(73-62(77)54-58(76)50-46-42-38-34-22-18-14-10-6-2)68(81)67(80)61(90-71)57-87-72-66(69(82)70(60(56-75)89-72)91-92(83,84)85)74-63(78)55-59(51-47-43-39-35-23-19-15-11-7-3)88-64(79)52-48-44-40-36-24-20-16-12-8-4/h58-61,65-72,75-76,80-82H,5-57H2,1-4H3,(H,73,77)(H,74,78)(H2,83,84,85)/t58-,59-,60-,61-,65-,66-,67-,68-,69-,70-,71+,72-/m1/s1. The van der Waals surface area contributed by atoms with Crippen molar-refractivity contribution < 1.29 is 82.5 Å². The molecule has 0 bridgehead atoms. The summed E-state index contributed by atoms with van der Waals surface area (Å²) < 4.78 is 47.9. The number of phosphoric acid groups is 1. The van der Waals surface area contributed by atoms with E-state index < -0.39 is 112 Å². The van der Waals surface area contributed by atoms with E-state index in [2.05, 4.69) is 38.3 Å². The summed E-state index contributed by atoms with van der Waals surface area (Å²) in [7, 11) is -5.32. The molecule has 0 aromatic heterocycles. The molecule has 2 rings (SSSR count). The normalized spacial score (nSPS) is 22.6. The highest BCUT2D eigenvalue weighted by atomic mass is 31.2. The van der Waals surface area contributed by atoms with Gasteiger partial charge < -0.3 is 69.6 Å². The second-order valence-corrected chi connectivity index (χ2v) is 28.4. The van der Waals surface area contributed by atoms with Crippen molar-refractivity contribution in [1.82, 2.24) is 10.6 Å². The maximum Gasteiger partial charge on any atom is 0.470 e. The van der Waals surface area contributed by atoms with Crippen LogP contribution in [0.25, 0.3) is 0 Å². The summed E-state index contributed by atoms with van der Waals surface area (Å²) in [5.74, 6) is -1.67. The fourth-order valence-electron chi connectivity index (χ4n) is 12.8. The second kappa shape index (κ2) is 57.1. The average molecular weight is 1340 g/mol. The van der Waals surface area contributed by atoms with Gasteiger partial charge in [-0.15, -0.1) is 0 Å². The van der Waals surface area contributed by atoms with Crippen LogP contribution in [0.4, 0.5) is 0 Å². The first-order valence-corrected chi connectivity index (χ1v) is 39.5. The van der Waals surface area contributed by atoms with Gasteiger partial charge >= 0.3 is 13.8 Å². The SMILES string of the molecule is CCCCCCCCCCCCCCCCCCCCO[C@H]1O[C@H](CO[C@@H]2O[C@H](CO)[C@@H](OP(=O)(O)O)[C@H](O)[C@H]2NC(=O)C[C@@H](CCCCCCCCCCC)OC(=O)CCCCCCCCCCC)[C@@H](O)[C@H](O)[C@H]1NC(=O)C[C@H](O)CCCCCCCCCCC. The third kappa shape index (κ3) is 43.4. The predicted molar refractivity (Wildman–Crippen MR) is 365 cm³/mol. The fourth-order valence-corrected chi connectivity index (χ4v) is 13.4. The summed E-state index contributed by atoms with van der Waals surface area (Å²) in [5.41, 5.74) is 0. The first-order valence-electron chi connectivity index (χ1n) is 38.0. The molecule has 2 heterocycles. The van der Waals surface area contributed by atoms with Crippen LogP contribution in [-0.4, -0.2) is 146 Å². The van der Waals surface area contributed by atoms with Crippen LogP contribution >= 0.6 is 7.82 Å². The van der Waals surface area contributed by atoms with Crippen molar-refractivity contribution in [3.8, 4) is 0 Å². The number of carbonyl (C=O) groups is 3.